The number of carbonyl (C=O) groups is 1. The van der Waals surface area contributed by atoms with Crippen molar-refractivity contribution in [3.63, 3.8) is 0 Å². The Hall–Kier alpha value is -1.17. The summed E-state index contributed by atoms with van der Waals surface area (Å²) in [6.07, 6.45) is 3.21. The van der Waals surface area contributed by atoms with Crippen molar-refractivity contribution in [2.45, 2.75) is 39.2 Å². The maximum absolute atomic E-state index is 12.2. The number of hydrogen-bond donors (Lipinski definition) is 1. The normalized spacial score (nSPS) is 19.6. The van der Waals surface area contributed by atoms with Gasteiger partial charge in [0.2, 0.25) is 10.1 Å². The van der Waals surface area contributed by atoms with E-state index in [2.05, 4.69) is 29.4 Å². The van der Waals surface area contributed by atoms with Crippen LogP contribution in [0, 0.1) is 0 Å². The fourth-order valence-corrected chi connectivity index (χ4v) is 2.70. The lowest BCUT2D eigenvalue weighted by molar-refractivity contribution is 0.0746. The predicted molar refractivity (Wildman–Crippen MR) is 68.4 cm³/mol. The van der Waals surface area contributed by atoms with E-state index in [4.69, 9.17) is 0 Å². The molecule has 0 saturated carbocycles. The lowest BCUT2D eigenvalue weighted by atomic mass is 10.2. The molecule has 1 atom stereocenters. The third kappa shape index (κ3) is 2.74. The van der Waals surface area contributed by atoms with E-state index in [9.17, 15) is 4.79 Å². The van der Waals surface area contributed by atoms with Crippen LogP contribution in [0.5, 0.6) is 0 Å². The predicted octanol–water partition coefficient (Wildman–Crippen LogP) is 1.98. The highest BCUT2D eigenvalue weighted by Crippen LogP contribution is 2.22. The second-order valence-electron chi connectivity index (χ2n) is 4.33. The molecule has 1 unspecified atom stereocenters. The summed E-state index contributed by atoms with van der Waals surface area (Å²) >= 11 is 1.35. The molecule has 1 N–H and O–H groups in total. The summed E-state index contributed by atoms with van der Waals surface area (Å²) in [6.45, 7) is 5.88. The Morgan fingerprint density at radius 1 is 1.59 bits per heavy atom. The van der Waals surface area contributed by atoms with Crippen LogP contribution in [0.1, 0.15) is 42.9 Å². The van der Waals surface area contributed by atoms with Gasteiger partial charge in [-0.15, -0.1) is 10.2 Å². The number of hydrogen-bond acceptors (Lipinski definition) is 5. The summed E-state index contributed by atoms with van der Waals surface area (Å²) in [5.74, 6) is 0.0250. The van der Waals surface area contributed by atoms with Crippen LogP contribution in [0.4, 0.5) is 5.13 Å². The topological polar surface area (TPSA) is 58.1 Å². The van der Waals surface area contributed by atoms with Gasteiger partial charge in [0.25, 0.3) is 5.91 Å². The van der Waals surface area contributed by atoms with Crippen LogP contribution in [0.15, 0.2) is 0 Å². The van der Waals surface area contributed by atoms with E-state index in [-0.39, 0.29) is 5.91 Å². The molecule has 1 fully saturated rings. The van der Waals surface area contributed by atoms with Gasteiger partial charge in [0.1, 0.15) is 0 Å². The molecular weight excluding hydrogens is 236 g/mol. The molecule has 17 heavy (non-hydrogen) atoms. The van der Waals surface area contributed by atoms with Gasteiger partial charge in [-0.3, -0.25) is 4.79 Å². The maximum atomic E-state index is 12.2. The van der Waals surface area contributed by atoms with Crippen molar-refractivity contribution in [1.82, 2.24) is 15.1 Å². The van der Waals surface area contributed by atoms with Crippen LogP contribution in [0.25, 0.3) is 0 Å². The first kappa shape index (κ1) is 12.3. The highest BCUT2D eigenvalue weighted by Gasteiger charge is 2.28. The zero-order chi connectivity index (χ0) is 12.3. The molecule has 1 aromatic rings. The van der Waals surface area contributed by atoms with Crippen molar-refractivity contribution in [2.24, 2.45) is 0 Å². The van der Waals surface area contributed by atoms with Gasteiger partial charge in [0.05, 0.1) is 0 Å². The number of nitrogens with zero attached hydrogens (tertiary/aromatic N) is 3. The van der Waals surface area contributed by atoms with Gasteiger partial charge >= 0.3 is 0 Å². The number of anilines is 1. The number of aromatic nitrogens is 2. The van der Waals surface area contributed by atoms with Crippen LogP contribution in [-0.2, 0) is 0 Å². The summed E-state index contributed by atoms with van der Waals surface area (Å²) in [6, 6.07) is 0.332. The molecule has 1 aromatic heterocycles. The smallest absolute Gasteiger partial charge is 0.285 e. The first-order chi connectivity index (χ1) is 8.22. The van der Waals surface area contributed by atoms with Crippen LogP contribution in [0.3, 0.4) is 0 Å². The quantitative estimate of drug-likeness (QED) is 0.892. The van der Waals surface area contributed by atoms with Crippen molar-refractivity contribution in [1.29, 1.82) is 0 Å². The Kier molecular flexibility index (Phi) is 3.93. The van der Waals surface area contributed by atoms with E-state index < -0.39 is 0 Å². The van der Waals surface area contributed by atoms with Crippen molar-refractivity contribution in [3.8, 4) is 0 Å². The van der Waals surface area contributed by atoms with E-state index in [1.165, 1.54) is 11.3 Å². The fourth-order valence-electron chi connectivity index (χ4n) is 1.97. The number of nitrogens with one attached hydrogen (secondary N) is 1. The molecule has 0 aliphatic carbocycles. The Bertz CT molecular complexity index is 393. The first-order valence-electron chi connectivity index (χ1n) is 6.10. The van der Waals surface area contributed by atoms with Crippen LogP contribution in [-0.4, -0.2) is 40.1 Å². The minimum absolute atomic E-state index is 0.0250. The molecular formula is C11H18N4OS. The first-order valence-corrected chi connectivity index (χ1v) is 6.92. The van der Waals surface area contributed by atoms with Crippen molar-refractivity contribution >= 4 is 22.4 Å². The molecule has 1 aliphatic rings. The number of amides is 1. The van der Waals surface area contributed by atoms with E-state index in [0.29, 0.717) is 11.0 Å². The lowest BCUT2D eigenvalue weighted by Crippen LogP contribution is -2.33. The minimum atomic E-state index is 0.0250. The van der Waals surface area contributed by atoms with Gasteiger partial charge in [0.15, 0.2) is 0 Å². The molecule has 6 heteroatoms. The highest BCUT2D eigenvalue weighted by molar-refractivity contribution is 7.17. The molecule has 1 aliphatic heterocycles. The van der Waals surface area contributed by atoms with E-state index >= 15 is 0 Å². The Labute approximate surface area is 105 Å². The molecule has 2 heterocycles. The largest absolute Gasteiger partial charge is 0.360 e. The van der Waals surface area contributed by atoms with E-state index in [1.54, 1.807) is 0 Å². The van der Waals surface area contributed by atoms with E-state index in [0.717, 1.165) is 37.5 Å². The molecule has 0 aromatic carbocycles. The lowest BCUT2D eigenvalue weighted by Gasteiger charge is -2.19. The SMILES string of the molecule is CCCNc1nnc(C(=O)N2CCCC2C)s1. The van der Waals surface area contributed by atoms with Crippen LogP contribution in [0.2, 0.25) is 0 Å². The highest BCUT2D eigenvalue weighted by atomic mass is 32.1. The van der Waals surface area contributed by atoms with Gasteiger partial charge in [0, 0.05) is 19.1 Å². The summed E-state index contributed by atoms with van der Waals surface area (Å²) in [5.41, 5.74) is 0. The van der Waals surface area contributed by atoms with Crippen molar-refractivity contribution < 1.29 is 4.79 Å². The molecule has 94 valence electrons. The molecule has 0 bridgehead atoms. The Balaban J connectivity index is 2.01. The Morgan fingerprint density at radius 3 is 3.06 bits per heavy atom. The molecule has 1 amide bonds. The molecule has 0 radical (unpaired) electrons. The maximum Gasteiger partial charge on any atom is 0.285 e. The van der Waals surface area contributed by atoms with Gasteiger partial charge in [-0.25, -0.2) is 0 Å². The minimum Gasteiger partial charge on any atom is -0.360 e. The van der Waals surface area contributed by atoms with Crippen LogP contribution < -0.4 is 5.32 Å². The van der Waals surface area contributed by atoms with E-state index in [1.807, 2.05) is 4.90 Å². The Morgan fingerprint density at radius 2 is 2.41 bits per heavy atom. The summed E-state index contributed by atoms with van der Waals surface area (Å²) < 4.78 is 0. The van der Waals surface area contributed by atoms with Gasteiger partial charge in [-0.1, -0.05) is 18.3 Å². The molecule has 0 spiro atoms. The van der Waals surface area contributed by atoms with Crippen molar-refractivity contribution in [2.75, 3.05) is 18.4 Å². The average molecular weight is 254 g/mol. The second-order valence-corrected chi connectivity index (χ2v) is 5.31. The third-order valence-electron chi connectivity index (χ3n) is 2.95. The van der Waals surface area contributed by atoms with Gasteiger partial charge in [-0.2, -0.15) is 0 Å². The molecule has 1 saturated heterocycles. The summed E-state index contributed by atoms with van der Waals surface area (Å²) in [5, 5.41) is 12.3. The van der Waals surface area contributed by atoms with Crippen LogP contribution >= 0.6 is 11.3 Å². The second kappa shape index (κ2) is 5.44. The molecule has 5 nitrogen and oxygen atoms in total. The number of rotatable bonds is 4. The monoisotopic (exact) mass is 254 g/mol. The van der Waals surface area contributed by atoms with Gasteiger partial charge in [-0.05, 0) is 26.2 Å². The zero-order valence-corrected chi connectivity index (χ0v) is 11.1. The average Bonchev–Trinajstić information content (AvgIpc) is 2.94. The van der Waals surface area contributed by atoms with Gasteiger partial charge < -0.3 is 10.2 Å². The van der Waals surface area contributed by atoms with Crippen molar-refractivity contribution in [3.05, 3.63) is 5.01 Å². The fraction of sp³-hybridized carbons (Fsp3) is 0.727. The third-order valence-corrected chi connectivity index (χ3v) is 3.82. The zero-order valence-electron chi connectivity index (χ0n) is 10.3. The number of carbonyl (C=O) groups excluding carboxylic acids is 1. The summed E-state index contributed by atoms with van der Waals surface area (Å²) in [4.78, 5) is 14.0. The standard InChI is InChI=1S/C11H18N4OS/c1-3-6-12-11-14-13-9(17-11)10(16)15-7-4-5-8(15)2/h8H,3-7H2,1-2H3,(H,12,14). The number of likely N-dealkylation sites (tertiary alicyclic amines) is 1. The molecule has 2 rings (SSSR count). The summed E-state index contributed by atoms with van der Waals surface area (Å²) in [7, 11) is 0.